The Hall–Kier alpha value is -2.36. The standard InChI is InChI=1S/C17H19FN2O/c1-11(2)16(12-6-8-14(18)9-7-12)20-17(21)13-4-3-5-15(19)10-13/h3-11,16H,19H2,1-2H3,(H,20,21). The Labute approximate surface area is 124 Å². The molecule has 4 heteroatoms. The van der Waals surface area contributed by atoms with Gasteiger partial charge in [0, 0.05) is 11.3 Å². The average molecular weight is 286 g/mol. The maximum absolute atomic E-state index is 13.0. The van der Waals surface area contributed by atoms with E-state index in [1.807, 2.05) is 13.8 Å². The predicted molar refractivity (Wildman–Crippen MR) is 82.3 cm³/mol. The Morgan fingerprint density at radius 2 is 1.81 bits per heavy atom. The Kier molecular flexibility index (Phi) is 4.58. The number of nitrogens with two attached hydrogens (primary N) is 1. The van der Waals surface area contributed by atoms with Gasteiger partial charge in [0.25, 0.3) is 5.91 Å². The molecule has 0 aliphatic heterocycles. The zero-order chi connectivity index (χ0) is 15.4. The number of amides is 1. The van der Waals surface area contributed by atoms with Crippen LogP contribution in [0.3, 0.4) is 0 Å². The summed E-state index contributed by atoms with van der Waals surface area (Å²) in [5.41, 5.74) is 7.63. The fourth-order valence-electron chi connectivity index (χ4n) is 2.21. The normalized spacial score (nSPS) is 12.2. The van der Waals surface area contributed by atoms with Crippen LogP contribution in [0, 0.1) is 11.7 Å². The van der Waals surface area contributed by atoms with Gasteiger partial charge in [0.1, 0.15) is 5.82 Å². The Morgan fingerprint density at radius 3 is 2.38 bits per heavy atom. The van der Waals surface area contributed by atoms with Crippen LogP contribution in [0.4, 0.5) is 10.1 Å². The molecule has 0 aromatic heterocycles. The van der Waals surface area contributed by atoms with Crippen LogP contribution < -0.4 is 11.1 Å². The van der Waals surface area contributed by atoms with Crippen molar-refractivity contribution in [1.29, 1.82) is 0 Å². The molecule has 3 N–H and O–H groups in total. The third kappa shape index (κ3) is 3.81. The van der Waals surface area contributed by atoms with Gasteiger partial charge >= 0.3 is 0 Å². The number of hydrogen-bond donors (Lipinski definition) is 2. The van der Waals surface area contributed by atoms with Crippen molar-refractivity contribution in [2.24, 2.45) is 5.92 Å². The number of nitrogens with one attached hydrogen (secondary N) is 1. The van der Waals surface area contributed by atoms with Gasteiger partial charge in [-0.25, -0.2) is 4.39 Å². The van der Waals surface area contributed by atoms with Crippen molar-refractivity contribution < 1.29 is 9.18 Å². The molecule has 2 rings (SSSR count). The molecule has 0 aliphatic rings. The molecule has 110 valence electrons. The lowest BCUT2D eigenvalue weighted by molar-refractivity contribution is 0.0925. The van der Waals surface area contributed by atoms with Gasteiger partial charge < -0.3 is 11.1 Å². The summed E-state index contributed by atoms with van der Waals surface area (Å²) in [5.74, 6) is -0.297. The van der Waals surface area contributed by atoms with Crippen LogP contribution in [0.2, 0.25) is 0 Å². The van der Waals surface area contributed by atoms with Crippen LogP contribution in [0.25, 0.3) is 0 Å². The van der Waals surface area contributed by atoms with Gasteiger partial charge in [-0.3, -0.25) is 4.79 Å². The van der Waals surface area contributed by atoms with Crippen LogP contribution >= 0.6 is 0 Å². The van der Waals surface area contributed by atoms with Gasteiger partial charge in [-0.1, -0.05) is 32.0 Å². The second kappa shape index (κ2) is 6.39. The molecule has 0 fully saturated rings. The van der Waals surface area contributed by atoms with Gasteiger partial charge in [-0.15, -0.1) is 0 Å². The van der Waals surface area contributed by atoms with E-state index >= 15 is 0 Å². The Morgan fingerprint density at radius 1 is 1.14 bits per heavy atom. The molecule has 1 amide bonds. The van der Waals surface area contributed by atoms with Crippen molar-refractivity contribution in [3.63, 3.8) is 0 Å². The van der Waals surface area contributed by atoms with E-state index in [0.717, 1.165) is 5.56 Å². The van der Waals surface area contributed by atoms with Crippen molar-refractivity contribution in [1.82, 2.24) is 5.32 Å². The summed E-state index contributed by atoms with van der Waals surface area (Å²) in [4.78, 5) is 12.3. The minimum absolute atomic E-state index is 0.181. The highest BCUT2D eigenvalue weighted by molar-refractivity contribution is 5.95. The fourth-order valence-corrected chi connectivity index (χ4v) is 2.21. The van der Waals surface area contributed by atoms with Crippen molar-refractivity contribution in [3.05, 3.63) is 65.5 Å². The highest BCUT2D eigenvalue weighted by atomic mass is 19.1. The molecule has 0 heterocycles. The first-order valence-corrected chi connectivity index (χ1v) is 6.89. The summed E-state index contributed by atoms with van der Waals surface area (Å²) in [6.45, 7) is 4.02. The predicted octanol–water partition coefficient (Wildman–Crippen LogP) is 3.54. The number of benzene rings is 2. The van der Waals surface area contributed by atoms with E-state index in [1.165, 1.54) is 12.1 Å². The maximum Gasteiger partial charge on any atom is 0.251 e. The van der Waals surface area contributed by atoms with E-state index in [1.54, 1.807) is 36.4 Å². The zero-order valence-corrected chi connectivity index (χ0v) is 12.1. The maximum atomic E-state index is 13.0. The highest BCUT2D eigenvalue weighted by Gasteiger charge is 2.19. The van der Waals surface area contributed by atoms with E-state index < -0.39 is 0 Å². The van der Waals surface area contributed by atoms with E-state index in [9.17, 15) is 9.18 Å². The third-order valence-electron chi connectivity index (χ3n) is 3.33. The topological polar surface area (TPSA) is 55.1 Å². The zero-order valence-electron chi connectivity index (χ0n) is 12.1. The third-order valence-corrected chi connectivity index (χ3v) is 3.33. The lowest BCUT2D eigenvalue weighted by atomic mass is 9.95. The molecule has 2 aromatic rings. The number of hydrogen-bond acceptors (Lipinski definition) is 2. The number of carbonyl (C=O) groups is 1. The molecule has 2 aromatic carbocycles. The molecule has 3 nitrogen and oxygen atoms in total. The first-order valence-electron chi connectivity index (χ1n) is 6.89. The van der Waals surface area contributed by atoms with Gasteiger partial charge in [-0.05, 0) is 41.8 Å². The second-order valence-electron chi connectivity index (χ2n) is 5.37. The molecule has 0 saturated carbocycles. The van der Waals surface area contributed by atoms with E-state index in [4.69, 9.17) is 5.73 Å². The molecule has 0 spiro atoms. The molecule has 0 aliphatic carbocycles. The molecule has 0 saturated heterocycles. The molecule has 21 heavy (non-hydrogen) atoms. The average Bonchev–Trinajstić information content (AvgIpc) is 2.45. The van der Waals surface area contributed by atoms with Crippen LogP contribution in [0.5, 0.6) is 0 Å². The molecule has 0 bridgehead atoms. The monoisotopic (exact) mass is 286 g/mol. The molecule has 0 radical (unpaired) electrons. The number of nitrogen functional groups attached to an aromatic ring is 1. The van der Waals surface area contributed by atoms with Gasteiger partial charge in [0.15, 0.2) is 0 Å². The fraction of sp³-hybridized carbons (Fsp3) is 0.235. The molecule has 1 atom stereocenters. The molecular weight excluding hydrogens is 267 g/mol. The SMILES string of the molecule is CC(C)C(NC(=O)c1cccc(N)c1)c1ccc(F)cc1. The summed E-state index contributed by atoms with van der Waals surface area (Å²) in [7, 11) is 0. The molecular formula is C17H19FN2O. The van der Waals surface area contributed by atoms with Crippen molar-refractivity contribution in [2.45, 2.75) is 19.9 Å². The largest absolute Gasteiger partial charge is 0.399 e. The minimum atomic E-state index is -0.289. The highest BCUT2D eigenvalue weighted by Crippen LogP contribution is 2.22. The minimum Gasteiger partial charge on any atom is -0.399 e. The summed E-state index contributed by atoms with van der Waals surface area (Å²) < 4.78 is 13.0. The van der Waals surface area contributed by atoms with E-state index in [2.05, 4.69) is 5.32 Å². The van der Waals surface area contributed by atoms with Gasteiger partial charge in [0.2, 0.25) is 0 Å². The van der Waals surface area contributed by atoms with Crippen LogP contribution in [0.15, 0.2) is 48.5 Å². The van der Waals surface area contributed by atoms with Crippen LogP contribution in [-0.2, 0) is 0 Å². The number of anilines is 1. The first kappa shape index (κ1) is 15.0. The summed E-state index contributed by atoms with van der Waals surface area (Å²) in [6, 6.07) is 12.8. The van der Waals surface area contributed by atoms with E-state index in [-0.39, 0.29) is 23.7 Å². The first-order chi connectivity index (χ1) is 9.97. The second-order valence-corrected chi connectivity index (χ2v) is 5.37. The summed E-state index contributed by atoms with van der Waals surface area (Å²) in [6.07, 6.45) is 0. The number of carbonyl (C=O) groups excluding carboxylic acids is 1. The van der Waals surface area contributed by atoms with Gasteiger partial charge in [-0.2, -0.15) is 0 Å². The smallest absolute Gasteiger partial charge is 0.251 e. The molecule has 1 unspecified atom stereocenters. The van der Waals surface area contributed by atoms with Crippen molar-refractivity contribution >= 4 is 11.6 Å². The van der Waals surface area contributed by atoms with Crippen LogP contribution in [-0.4, -0.2) is 5.91 Å². The Bertz CT molecular complexity index is 623. The number of halogens is 1. The van der Waals surface area contributed by atoms with Gasteiger partial charge in [0.05, 0.1) is 6.04 Å². The van der Waals surface area contributed by atoms with Crippen LogP contribution in [0.1, 0.15) is 35.8 Å². The summed E-state index contributed by atoms with van der Waals surface area (Å²) >= 11 is 0. The Balaban J connectivity index is 2.20. The van der Waals surface area contributed by atoms with E-state index in [0.29, 0.717) is 11.3 Å². The summed E-state index contributed by atoms with van der Waals surface area (Å²) in [5, 5.41) is 2.98. The lowest BCUT2D eigenvalue weighted by Crippen LogP contribution is -2.31. The lowest BCUT2D eigenvalue weighted by Gasteiger charge is -2.23. The van der Waals surface area contributed by atoms with Crippen molar-refractivity contribution in [2.75, 3.05) is 5.73 Å². The van der Waals surface area contributed by atoms with Crippen molar-refractivity contribution in [3.8, 4) is 0 Å². The quantitative estimate of drug-likeness (QED) is 0.845. The number of rotatable bonds is 4.